The molecule has 0 aromatic heterocycles. The van der Waals surface area contributed by atoms with Gasteiger partial charge in [-0.1, -0.05) is 24.3 Å². The van der Waals surface area contributed by atoms with Crippen molar-refractivity contribution in [2.75, 3.05) is 6.54 Å². The molecule has 0 unspecified atom stereocenters. The third-order valence-electron chi connectivity index (χ3n) is 2.63. The molecule has 0 amide bonds. The molecule has 0 aliphatic carbocycles. The van der Waals surface area contributed by atoms with E-state index in [0.29, 0.717) is 19.0 Å². The van der Waals surface area contributed by atoms with E-state index in [0.717, 1.165) is 22.4 Å². The number of halogens is 1. The quantitative estimate of drug-likeness (QED) is 0.332. The van der Waals surface area contributed by atoms with E-state index in [1.807, 2.05) is 46.8 Å². The van der Waals surface area contributed by atoms with Crippen LogP contribution in [0, 0.1) is 6.92 Å². The fraction of sp³-hybridized carbons (Fsp3) is 0.471. The second-order valence-electron chi connectivity index (χ2n) is 6.34. The molecule has 0 saturated carbocycles. The van der Waals surface area contributed by atoms with E-state index in [2.05, 4.69) is 23.0 Å². The zero-order chi connectivity index (χ0) is 16.0. The van der Waals surface area contributed by atoms with Gasteiger partial charge in [0, 0.05) is 12.1 Å². The second kappa shape index (κ2) is 9.02. The van der Waals surface area contributed by atoms with E-state index >= 15 is 0 Å². The summed E-state index contributed by atoms with van der Waals surface area (Å²) in [6.45, 7) is 15.0. The molecule has 0 saturated heterocycles. The molecule has 0 atom stereocenters. The number of nitrogens with two attached hydrogens (primary N) is 1. The molecule has 22 heavy (non-hydrogen) atoms. The first-order valence-electron chi connectivity index (χ1n) is 7.14. The number of ether oxygens (including phenoxy) is 1. The lowest BCUT2D eigenvalue weighted by Crippen LogP contribution is -2.32. The van der Waals surface area contributed by atoms with Gasteiger partial charge in [0.25, 0.3) is 0 Å². The van der Waals surface area contributed by atoms with E-state index in [1.165, 1.54) is 0 Å². The summed E-state index contributed by atoms with van der Waals surface area (Å²) in [6.07, 6.45) is 0. The van der Waals surface area contributed by atoms with Crippen molar-refractivity contribution in [2.24, 2.45) is 10.7 Å². The summed E-state index contributed by atoms with van der Waals surface area (Å²) in [6, 6.07) is 6.12. The molecule has 124 valence electrons. The van der Waals surface area contributed by atoms with Crippen LogP contribution in [-0.4, -0.2) is 18.1 Å². The van der Waals surface area contributed by atoms with Gasteiger partial charge in [-0.25, -0.2) is 4.99 Å². The van der Waals surface area contributed by atoms with Crippen LogP contribution in [0.25, 0.3) is 0 Å². The number of nitrogens with one attached hydrogen (secondary N) is 1. The van der Waals surface area contributed by atoms with Gasteiger partial charge < -0.3 is 15.8 Å². The summed E-state index contributed by atoms with van der Waals surface area (Å²) in [7, 11) is 0. The lowest BCUT2D eigenvalue weighted by molar-refractivity contribution is 0.129. The van der Waals surface area contributed by atoms with Gasteiger partial charge in [0.15, 0.2) is 5.96 Å². The zero-order valence-corrected chi connectivity index (χ0v) is 16.5. The van der Waals surface area contributed by atoms with Crippen molar-refractivity contribution in [2.45, 2.75) is 46.8 Å². The van der Waals surface area contributed by atoms with Crippen molar-refractivity contribution in [1.82, 2.24) is 5.32 Å². The van der Waals surface area contributed by atoms with Gasteiger partial charge in [-0.05, 0) is 46.2 Å². The number of hydrogen-bond donors (Lipinski definition) is 2. The Kier molecular flexibility index (Phi) is 8.52. The van der Waals surface area contributed by atoms with Crippen LogP contribution in [0.5, 0.6) is 5.75 Å². The molecule has 1 aromatic rings. The van der Waals surface area contributed by atoms with E-state index in [4.69, 9.17) is 10.5 Å². The topological polar surface area (TPSA) is 59.6 Å². The summed E-state index contributed by atoms with van der Waals surface area (Å²) in [5.41, 5.74) is 8.79. The van der Waals surface area contributed by atoms with Crippen LogP contribution in [0.2, 0.25) is 0 Å². The van der Waals surface area contributed by atoms with Gasteiger partial charge in [-0.3, -0.25) is 0 Å². The van der Waals surface area contributed by atoms with Crippen LogP contribution in [0.1, 0.15) is 38.8 Å². The number of nitrogens with zero attached hydrogens (tertiary/aromatic N) is 1. The predicted molar refractivity (Wildman–Crippen MR) is 105 cm³/mol. The van der Waals surface area contributed by atoms with Crippen molar-refractivity contribution in [3.05, 3.63) is 41.5 Å². The molecule has 3 N–H and O–H groups in total. The van der Waals surface area contributed by atoms with Gasteiger partial charge in [0.2, 0.25) is 0 Å². The molecule has 1 rings (SSSR count). The second-order valence-corrected chi connectivity index (χ2v) is 6.34. The highest BCUT2D eigenvalue weighted by atomic mass is 127. The molecule has 1 aromatic carbocycles. The normalized spacial score (nSPS) is 11.6. The van der Waals surface area contributed by atoms with E-state index in [1.54, 1.807) is 0 Å². The lowest BCUT2D eigenvalue weighted by Gasteiger charge is -2.23. The number of aryl methyl sites for hydroxylation is 1. The molecule has 0 aliphatic heterocycles. The lowest BCUT2D eigenvalue weighted by atomic mass is 10.1. The molecule has 0 fully saturated rings. The van der Waals surface area contributed by atoms with Crippen LogP contribution in [0.4, 0.5) is 0 Å². The van der Waals surface area contributed by atoms with Crippen molar-refractivity contribution >= 4 is 29.9 Å². The fourth-order valence-corrected chi connectivity index (χ4v) is 1.68. The van der Waals surface area contributed by atoms with Crippen molar-refractivity contribution in [3.8, 4) is 5.75 Å². The maximum Gasteiger partial charge on any atom is 0.189 e. The Hall–Kier alpha value is -1.24. The first-order valence-corrected chi connectivity index (χ1v) is 7.14. The molecular formula is C17H28IN3O. The van der Waals surface area contributed by atoms with Gasteiger partial charge in [-0.15, -0.1) is 24.0 Å². The molecule has 0 aliphatic rings. The number of aliphatic imine (C=N–C) groups is 1. The monoisotopic (exact) mass is 417 g/mol. The minimum Gasteiger partial charge on any atom is -0.488 e. The number of guanidine groups is 1. The van der Waals surface area contributed by atoms with Gasteiger partial charge >= 0.3 is 0 Å². The van der Waals surface area contributed by atoms with Crippen LogP contribution in [-0.2, 0) is 6.54 Å². The number of hydrogen-bond acceptors (Lipinski definition) is 2. The standard InChI is InChI=1S/C17H27N3O.HI/c1-12(2)10-19-16(18)20-11-14-8-7-13(3)9-15(14)21-17(4,5)6;/h7-9H,1,10-11H2,2-6H3,(H3,18,19,20);1H. The van der Waals surface area contributed by atoms with Gasteiger partial charge in [0.05, 0.1) is 6.54 Å². The Morgan fingerprint density at radius 2 is 2.00 bits per heavy atom. The summed E-state index contributed by atoms with van der Waals surface area (Å²) < 4.78 is 6.00. The predicted octanol–water partition coefficient (Wildman–Crippen LogP) is 3.77. The molecule has 5 heteroatoms. The molecule has 0 heterocycles. The van der Waals surface area contributed by atoms with E-state index < -0.39 is 0 Å². The first kappa shape index (κ1) is 20.8. The van der Waals surface area contributed by atoms with Crippen molar-refractivity contribution in [3.63, 3.8) is 0 Å². The smallest absolute Gasteiger partial charge is 0.189 e. The Bertz CT molecular complexity index is 533. The van der Waals surface area contributed by atoms with Crippen LogP contribution in [0.15, 0.2) is 35.3 Å². The molecule has 0 radical (unpaired) electrons. The van der Waals surface area contributed by atoms with Crippen molar-refractivity contribution in [1.29, 1.82) is 0 Å². The average Bonchev–Trinajstić information content (AvgIpc) is 2.33. The minimum absolute atomic E-state index is 0. The minimum atomic E-state index is -0.240. The summed E-state index contributed by atoms with van der Waals surface area (Å²) in [5, 5.41) is 3.02. The average molecular weight is 417 g/mol. The van der Waals surface area contributed by atoms with Crippen LogP contribution < -0.4 is 15.8 Å². The van der Waals surface area contributed by atoms with E-state index in [-0.39, 0.29) is 29.6 Å². The highest BCUT2D eigenvalue weighted by Crippen LogP contribution is 2.25. The molecule has 4 nitrogen and oxygen atoms in total. The van der Waals surface area contributed by atoms with Crippen molar-refractivity contribution < 1.29 is 4.74 Å². The molecule has 0 bridgehead atoms. The summed E-state index contributed by atoms with van der Waals surface area (Å²) in [4.78, 5) is 4.35. The maximum atomic E-state index is 6.00. The van der Waals surface area contributed by atoms with Gasteiger partial charge in [-0.2, -0.15) is 0 Å². The Morgan fingerprint density at radius 3 is 2.55 bits per heavy atom. The third kappa shape index (κ3) is 8.26. The van der Waals surface area contributed by atoms with E-state index in [9.17, 15) is 0 Å². The number of rotatable bonds is 5. The molecular weight excluding hydrogens is 389 g/mol. The fourth-order valence-electron chi connectivity index (χ4n) is 1.68. The Morgan fingerprint density at radius 1 is 1.36 bits per heavy atom. The largest absolute Gasteiger partial charge is 0.488 e. The summed E-state index contributed by atoms with van der Waals surface area (Å²) in [5.74, 6) is 1.28. The zero-order valence-electron chi connectivity index (χ0n) is 14.2. The highest BCUT2D eigenvalue weighted by molar-refractivity contribution is 14.0. The number of benzene rings is 1. The highest BCUT2D eigenvalue weighted by Gasteiger charge is 2.14. The maximum absolute atomic E-state index is 6.00. The molecule has 0 spiro atoms. The first-order chi connectivity index (χ1) is 9.67. The Balaban J connectivity index is 0.00000441. The third-order valence-corrected chi connectivity index (χ3v) is 2.63. The Labute approximate surface area is 151 Å². The summed E-state index contributed by atoms with van der Waals surface area (Å²) >= 11 is 0. The van der Waals surface area contributed by atoms with Crippen LogP contribution >= 0.6 is 24.0 Å². The SMILES string of the molecule is C=C(C)CNC(N)=NCc1ccc(C)cc1OC(C)(C)C.I. The van der Waals surface area contributed by atoms with Crippen LogP contribution in [0.3, 0.4) is 0 Å². The van der Waals surface area contributed by atoms with Gasteiger partial charge in [0.1, 0.15) is 11.4 Å².